The van der Waals surface area contributed by atoms with Crippen LogP contribution in [0.5, 0.6) is 0 Å². The minimum absolute atomic E-state index is 0.104. The van der Waals surface area contributed by atoms with Gasteiger partial charge in [-0.05, 0) is 42.2 Å². The Labute approximate surface area is 156 Å². The quantitative estimate of drug-likeness (QED) is 0.827. The van der Waals surface area contributed by atoms with Crippen LogP contribution < -0.4 is 11.1 Å². The molecule has 1 unspecified atom stereocenters. The van der Waals surface area contributed by atoms with E-state index in [1.165, 1.54) is 17.3 Å². The zero-order chi connectivity index (χ0) is 18.5. The van der Waals surface area contributed by atoms with Gasteiger partial charge in [0.1, 0.15) is 6.04 Å². The van der Waals surface area contributed by atoms with Crippen molar-refractivity contribution in [1.29, 1.82) is 0 Å². The molecular weight excluding hydrogens is 354 g/mol. The van der Waals surface area contributed by atoms with Gasteiger partial charge >= 0.3 is 0 Å². The topological polar surface area (TPSA) is 101 Å². The van der Waals surface area contributed by atoms with Gasteiger partial charge in [-0.2, -0.15) is 0 Å². The van der Waals surface area contributed by atoms with E-state index in [0.717, 1.165) is 17.5 Å². The lowest BCUT2D eigenvalue weighted by molar-refractivity contribution is -0.125. The number of likely N-dealkylation sites (tertiary alicyclic amines) is 1. The van der Waals surface area contributed by atoms with Crippen molar-refractivity contribution in [2.45, 2.75) is 32.0 Å². The third kappa shape index (κ3) is 4.00. The lowest BCUT2D eigenvalue weighted by Gasteiger charge is -2.23. The lowest BCUT2D eigenvalue weighted by Crippen LogP contribution is -2.46. The van der Waals surface area contributed by atoms with Crippen molar-refractivity contribution >= 4 is 23.4 Å². The molecule has 1 fully saturated rings. The first-order chi connectivity index (χ1) is 12.6. The van der Waals surface area contributed by atoms with Crippen LogP contribution in [0.25, 0.3) is 0 Å². The molecule has 1 aromatic carbocycles. The van der Waals surface area contributed by atoms with Crippen molar-refractivity contribution < 1.29 is 9.59 Å². The van der Waals surface area contributed by atoms with E-state index in [9.17, 15) is 9.59 Å². The van der Waals surface area contributed by atoms with Crippen LogP contribution in [-0.4, -0.2) is 39.3 Å². The Bertz CT molecular complexity index is 799. The summed E-state index contributed by atoms with van der Waals surface area (Å²) < 4.78 is 0. The number of benzene rings is 1. The summed E-state index contributed by atoms with van der Waals surface area (Å²) in [6, 6.07) is 6.53. The molecular formula is C18H20ClN5O2. The molecule has 0 bridgehead atoms. The van der Waals surface area contributed by atoms with Crippen molar-refractivity contribution in [1.82, 2.24) is 20.2 Å². The van der Waals surface area contributed by atoms with E-state index in [-0.39, 0.29) is 17.6 Å². The molecule has 0 aliphatic carbocycles. The minimum Gasteiger partial charge on any atom is -0.350 e. The standard InChI is InChI=1S/C18H20ClN5O2/c19-14-5-4-12(10-20)13(9-14)11-23-17(25)15-3-1-8-24(15)18(26)16-21-6-2-7-22-16/h2,4-7,9,15H,1,3,8,10-11,20H2,(H,23,25). The van der Waals surface area contributed by atoms with Crippen LogP contribution in [0.3, 0.4) is 0 Å². The molecule has 26 heavy (non-hydrogen) atoms. The zero-order valence-corrected chi connectivity index (χ0v) is 14.9. The highest BCUT2D eigenvalue weighted by Gasteiger charge is 2.35. The Morgan fingerprint density at radius 1 is 1.27 bits per heavy atom. The molecule has 0 saturated carbocycles. The van der Waals surface area contributed by atoms with Crippen molar-refractivity contribution in [3.8, 4) is 0 Å². The fourth-order valence-electron chi connectivity index (χ4n) is 3.08. The normalized spacial score (nSPS) is 16.5. The van der Waals surface area contributed by atoms with Gasteiger partial charge in [-0.1, -0.05) is 17.7 Å². The van der Waals surface area contributed by atoms with Crippen molar-refractivity contribution in [3.05, 3.63) is 58.6 Å². The summed E-state index contributed by atoms with van der Waals surface area (Å²) in [6.07, 6.45) is 4.41. The molecule has 136 valence electrons. The second-order valence-electron chi connectivity index (χ2n) is 6.06. The van der Waals surface area contributed by atoms with E-state index in [4.69, 9.17) is 17.3 Å². The number of carbonyl (C=O) groups excluding carboxylic acids is 2. The molecule has 8 heteroatoms. The van der Waals surface area contributed by atoms with E-state index in [1.54, 1.807) is 18.2 Å². The fraction of sp³-hybridized carbons (Fsp3) is 0.333. The van der Waals surface area contributed by atoms with Gasteiger partial charge in [-0.25, -0.2) is 9.97 Å². The van der Waals surface area contributed by atoms with Crippen LogP contribution in [-0.2, 0) is 17.9 Å². The number of nitrogens with one attached hydrogen (secondary N) is 1. The average Bonchev–Trinajstić information content (AvgIpc) is 3.16. The number of amides is 2. The summed E-state index contributed by atoms with van der Waals surface area (Å²) >= 11 is 6.03. The van der Waals surface area contributed by atoms with Crippen LogP contribution in [0.15, 0.2) is 36.7 Å². The predicted octanol–water partition coefficient (Wildman–Crippen LogP) is 1.51. The zero-order valence-electron chi connectivity index (χ0n) is 14.2. The molecule has 3 N–H and O–H groups in total. The van der Waals surface area contributed by atoms with Crippen LogP contribution >= 0.6 is 11.6 Å². The SMILES string of the molecule is NCc1ccc(Cl)cc1CNC(=O)C1CCCN1C(=O)c1ncccn1. The monoisotopic (exact) mass is 373 g/mol. The van der Waals surface area contributed by atoms with Crippen molar-refractivity contribution in [2.24, 2.45) is 5.73 Å². The first-order valence-electron chi connectivity index (χ1n) is 8.43. The number of nitrogens with zero attached hydrogens (tertiary/aromatic N) is 3. The molecule has 0 spiro atoms. The maximum atomic E-state index is 12.6. The molecule has 1 atom stereocenters. The molecule has 1 aromatic heterocycles. The van der Waals surface area contributed by atoms with Gasteiger partial charge in [0, 0.05) is 37.1 Å². The Morgan fingerprint density at radius 3 is 2.77 bits per heavy atom. The largest absolute Gasteiger partial charge is 0.350 e. The highest BCUT2D eigenvalue weighted by molar-refractivity contribution is 6.30. The highest BCUT2D eigenvalue weighted by atomic mass is 35.5. The van der Waals surface area contributed by atoms with Gasteiger partial charge in [-0.15, -0.1) is 0 Å². The first-order valence-corrected chi connectivity index (χ1v) is 8.81. The molecule has 0 radical (unpaired) electrons. The lowest BCUT2D eigenvalue weighted by atomic mass is 10.1. The van der Waals surface area contributed by atoms with Crippen LogP contribution in [0.1, 0.15) is 34.6 Å². The third-order valence-corrected chi connectivity index (χ3v) is 4.65. The molecule has 1 aliphatic rings. The number of hydrogen-bond acceptors (Lipinski definition) is 5. The second-order valence-corrected chi connectivity index (χ2v) is 6.50. The molecule has 1 saturated heterocycles. The third-order valence-electron chi connectivity index (χ3n) is 4.41. The number of halogens is 1. The Kier molecular flexibility index (Phi) is 5.80. The summed E-state index contributed by atoms with van der Waals surface area (Å²) in [7, 11) is 0. The van der Waals surface area contributed by atoms with Gasteiger partial charge in [0.15, 0.2) is 0 Å². The minimum atomic E-state index is -0.521. The first kappa shape index (κ1) is 18.3. The van der Waals surface area contributed by atoms with Crippen LogP contribution in [0, 0.1) is 0 Å². The number of carbonyl (C=O) groups is 2. The number of rotatable bonds is 5. The second kappa shape index (κ2) is 8.25. The van der Waals surface area contributed by atoms with E-state index >= 15 is 0 Å². The highest BCUT2D eigenvalue weighted by Crippen LogP contribution is 2.20. The Hall–Kier alpha value is -2.51. The van der Waals surface area contributed by atoms with Crippen LogP contribution in [0.4, 0.5) is 0 Å². The van der Waals surface area contributed by atoms with Gasteiger partial charge in [0.25, 0.3) is 5.91 Å². The van der Waals surface area contributed by atoms with Gasteiger partial charge in [0.2, 0.25) is 11.7 Å². The molecule has 2 amide bonds. The maximum Gasteiger partial charge on any atom is 0.292 e. The van der Waals surface area contributed by atoms with Crippen molar-refractivity contribution in [3.63, 3.8) is 0 Å². The summed E-state index contributed by atoms with van der Waals surface area (Å²) in [5.74, 6) is -0.421. The molecule has 1 aliphatic heterocycles. The summed E-state index contributed by atoms with van der Waals surface area (Å²) in [5, 5.41) is 3.48. The molecule has 2 heterocycles. The average molecular weight is 374 g/mol. The van der Waals surface area contributed by atoms with Gasteiger partial charge in [0.05, 0.1) is 0 Å². The van der Waals surface area contributed by atoms with Crippen molar-refractivity contribution in [2.75, 3.05) is 6.54 Å². The van der Waals surface area contributed by atoms with Gasteiger partial charge < -0.3 is 16.0 Å². The van der Waals surface area contributed by atoms with E-state index in [1.807, 2.05) is 6.07 Å². The number of aromatic nitrogens is 2. The Balaban J connectivity index is 1.67. The van der Waals surface area contributed by atoms with Crippen LogP contribution in [0.2, 0.25) is 5.02 Å². The number of nitrogens with two attached hydrogens (primary N) is 1. The van der Waals surface area contributed by atoms with E-state index in [2.05, 4.69) is 15.3 Å². The predicted molar refractivity (Wildman–Crippen MR) is 97.3 cm³/mol. The Morgan fingerprint density at radius 2 is 2.04 bits per heavy atom. The molecule has 7 nitrogen and oxygen atoms in total. The fourth-order valence-corrected chi connectivity index (χ4v) is 3.27. The molecule has 3 rings (SSSR count). The van der Waals surface area contributed by atoms with E-state index in [0.29, 0.717) is 31.1 Å². The van der Waals surface area contributed by atoms with E-state index < -0.39 is 6.04 Å². The molecule has 2 aromatic rings. The smallest absolute Gasteiger partial charge is 0.292 e. The number of hydrogen-bond donors (Lipinski definition) is 2. The summed E-state index contributed by atoms with van der Waals surface area (Å²) in [6.45, 7) is 1.19. The van der Waals surface area contributed by atoms with Gasteiger partial charge in [-0.3, -0.25) is 9.59 Å². The maximum absolute atomic E-state index is 12.6. The summed E-state index contributed by atoms with van der Waals surface area (Å²) in [5.41, 5.74) is 7.53. The summed E-state index contributed by atoms with van der Waals surface area (Å²) in [4.78, 5) is 34.7.